The molecule has 1 aliphatic heterocycles. The predicted molar refractivity (Wildman–Crippen MR) is 57.3 cm³/mol. The van der Waals surface area contributed by atoms with E-state index in [-0.39, 0.29) is 5.10 Å². The van der Waals surface area contributed by atoms with Gasteiger partial charge in [0.25, 0.3) is 0 Å². The van der Waals surface area contributed by atoms with E-state index >= 15 is 0 Å². The minimum Gasteiger partial charge on any atom is -0.100 e. The molecule has 0 amide bonds. The zero-order valence-corrected chi connectivity index (χ0v) is 9.81. The fraction of sp³-hybridized carbons (Fsp3) is 1.00. The number of hydrogen-bond acceptors (Lipinski definition) is 5. The van der Waals surface area contributed by atoms with Crippen molar-refractivity contribution in [3.63, 3.8) is 0 Å². The van der Waals surface area contributed by atoms with E-state index in [0.29, 0.717) is 0 Å². The van der Waals surface area contributed by atoms with Crippen LogP contribution in [-0.2, 0) is 23.6 Å². The van der Waals surface area contributed by atoms with E-state index in [4.69, 9.17) is 23.6 Å². The van der Waals surface area contributed by atoms with Gasteiger partial charge in [0.2, 0.25) is 3.64 Å². The van der Waals surface area contributed by atoms with Crippen LogP contribution in [0.25, 0.3) is 0 Å². The van der Waals surface area contributed by atoms with Crippen LogP contribution in [0.15, 0.2) is 0 Å². The Morgan fingerprint density at radius 2 is 2.12 bits per heavy atom. The minimum atomic E-state index is -1.02. The van der Waals surface area contributed by atoms with Crippen molar-refractivity contribution in [2.75, 3.05) is 6.26 Å². The molecule has 1 rings (SSSR count). The van der Waals surface area contributed by atoms with Crippen molar-refractivity contribution in [3.05, 3.63) is 0 Å². The third kappa shape index (κ3) is 1.85. The molecule has 0 radical (unpaired) electrons. The third-order valence-electron chi connectivity index (χ3n) is 0.557. The highest BCUT2D eigenvalue weighted by molar-refractivity contribution is 9.53. The summed E-state index contributed by atoms with van der Waals surface area (Å²) in [5, 5.41) is -0.170. The first-order valence-electron chi connectivity index (χ1n) is 1.69. The number of rotatable bonds is 1. The highest BCUT2D eigenvalue weighted by Crippen LogP contribution is 3.01. The molecule has 1 fully saturated rings. The molecule has 0 aliphatic carbocycles. The lowest BCUT2D eigenvalue weighted by Crippen LogP contribution is -1.60. The normalized spacial score (nSPS) is 41.4. The Morgan fingerprint density at radius 1 is 1.62 bits per heavy atom. The molecule has 8 heavy (non-hydrogen) atoms. The van der Waals surface area contributed by atoms with Crippen LogP contribution in [0.3, 0.4) is 0 Å². The van der Waals surface area contributed by atoms with E-state index in [9.17, 15) is 0 Å². The fourth-order valence-electron chi connectivity index (χ4n) is 0.236. The maximum absolute atomic E-state index is 5.26. The number of hydrogen-bond donors (Lipinski definition) is 0. The summed E-state index contributed by atoms with van der Waals surface area (Å²) in [4.78, 5) is 0. The van der Waals surface area contributed by atoms with Crippen LogP contribution in [0.1, 0.15) is 0 Å². The summed E-state index contributed by atoms with van der Waals surface area (Å²) in [7, 11) is 0. The summed E-state index contributed by atoms with van der Waals surface area (Å²) in [6.45, 7) is 0. The van der Waals surface area contributed by atoms with Crippen molar-refractivity contribution in [3.8, 4) is 0 Å². The molecular weight excluding hydrogens is 234 g/mol. The molecule has 0 unspecified atom stereocenters. The van der Waals surface area contributed by atoms with Crippen molar-refractivity contribution < 1.29 is 0 Å². The van der Waals surface area contributed by atoms with Gasteiger partial charge in [0.15, 0.2) is 33.8 Å². The van der Waals surface area contributed by atoms with Crippen LogP contribution in [0.2, 0.25) is 0 Å². The molecule has 1 heterocycles. The molecule has 0 nitrogen and oxygen atoms in total. The first kappa shape index (κ1) is 8.32. The fourth-order valence-corrected chi connectivity index (χ4v) is 41.2. The Bertz CT molecular complexity index is 150. The first-order chi connectivity index (χ1) is 3.66. The van der Waals surface area contributed by atoms with Gasteiger partial charge in [-0.1, -0.05) is 11.8 Å². The highest BCUT2D eigenvalue weighted by atomic mass is 33.8. The zero-order valence-electron chi connectivity index (χ0n) is 3.94. The Hall–Kier alpha value is 2.22. The molecule has 0 aromatic carbocycles. The monoisotopic (exact) mass is 237 g/mol. The van der Waals surface area contributed by atoms with Crippen LogP contribution >= 0.6 is 42.1 Å². The standard InChI is InChI=1S/CH3P2S5/c1-6-3(5)7-2(4)8-3/h1H3/q+1. The van der Waals surface area contributed by atoms with E-state index in [1.54, 1.807) is 0 Å². The second-order valence-corrected chi connectivity index (χ2v) is 24.2. The van der Waals surface area contributed by atoms with E-state index < -0.39 is 3.64 Å². The summed E-state index contributed by atoms with van der Waals surface area (Å²) >= 11 is 15.8. The van der Waals surface area contributed by atoms with Crippen molar-refractivity contribution in [1.29, 1.82) is 0 Å². The molecule has 1 saturated heterocycles. The van der Waals surface area contributed by atoms with Gasteiger partial charge in [-0.2, -0.15) is 0 Å². The second kappa shape index (κ2) is 3.08. The van der Waals surface area contributed by atoms with E-state index in [0.717, 1.165) is 0 Å². The summed E-state index contributed by atoms with van der Waals surface area (Å²) in [6, 6.07) is 0. The van der Waals surface area contributed by atoms with Gasteiger partial charge < -0.3 is 0 Å². The largest absolute Gasteiger partial charge is 0.330 e. The maximum Gasteiger partial charge on any atom is 0.330 e. The molecule has 0 N–H and O–H groups in total. The Morgan fingerprint density at radius 3 is 2.25 bits per heavy atom. The molecule has 0 saturated carbocycles. The highest BCUT2D eigenvalue weighted by Gasteiger charge is 2.47. The van der Waals surface area contributed by atoms with Gasteiger partial charge >= 0.3 is 5.10 Å². The van der Waals surface area contributed by atoms with Crippen molar-refractivity contribution in [2.45, 2.75) is 0 Å². The molecule has 0 spiro atoms. The summed E-state index contributed by atoms with van der Waals surface area (Å²) in [6.07, 6.45) is 2.08. The van der Waals surface area contributed by atoms with Gasteiger partial charge in [-0.3, -0.25) is 0 Å². The van der Waals surface area contributed by atoms with E-state index in [1.165, 1.54) is 0 Å². The van der Waals surface area contributed by atoms with E-state index in [2.05, 4.69) is 6.26 Å². The second-order valence-electron chi connectivity index (χ2n) is 1.02. The Balaban J connectivity index is 2.53. The van der Waals surface area contributed by atoms with Crippen LogP contribution in [0, 0.1) is 0 Å². The third-order valence-corrected chi connectivity index (χ3v) is 33.0. The smallest absolute Gasteiger partial charge is 0.100 e. The molecule has 0 bridgehead atoms. The van der Waals surface area contributed by atoms with Crippen LogP contribution in [0.5, 0.6) is 0 Å². The minimum absolute atomic E-state index is 0.170. The lowest BCUT2D eigenvalue weighted by Gasteiger charge is -2.12. The van der Waals surface area contributed by atoms with Crippen molar-refractivity contribution in [2.24, 2.45) is 0 Å². The maximum atomic E-state index is 5.26. The average molecular weight is 237 g/mol. The van der Waals surface area contributed by atoms with Gasteiger partial charge in [-0.15, -0.1) is 11.4 Å². The average Bonchev–Trinajstić information content (AvgIpc) is 1.63. The summed E-state index contributed by atoms with van der Waals surface area (Å²) in [5.41, 5.74) is 0. The van der Waals surface area contributed by atoms with Crippen LogP contribution in [0.4, 0.5) is 0 Å². The van der Waals surface area contributed by atoms with Crippen molar-refractivity contribution >= 4 is 65.7 Å². The molecule has 46 valence electrons. The first-order valence-corrected chi connectivity index (χ1v) is 12.7. The Labute approximate surface area is 71.5 Å². The molecule has 0 atom stereocenters. The molecule has 0 aromatic rings. The van der Waals surface area contributed by atoms with Crippen molar-refractivity contribution in [1.82, 2.24) is 0 Å². The van der Waals surface area contributed by atoms with Gasteiger partial charge in [0.1, 0.15) is 0 Å². The predicted octanol–water partition coefficient (Wildman–Crippen LogP) is 3.83. The molecular formula is CH3P2S5+. The Kier molecular flexibility index (Phi) is 3.20. The van der Waals surface area contributed by atoms with Gasteiger partial charge in [-0.25, -0.2) is 0 Å². The topological polar surface area (TPSA) is 0 Å². The van der Waals surface area contributed by atoms with Crippen LogP contribution < -0.4 is 0 Å². The van der Waals surface area contributed by atoms with Gasteiger partial charge in [0, 0.05) is 0 Å². The van der Waals surface area contributed by atoms with E-state index in [1.807, 2.05) is 33.4 Å². The van der Waals surface area contributed by atoms with Gasteiger partial charge in [-0.05, 0) is 6.26 Å². The lowest BCUT2D eigenvalue weighted by atomic mass is 12.0. The summed E-state index contributed by atoms with van der Waals surface area (Å²) in [5.74, 6) is 0. The summed E-state index contributed by atoms with van der Waals surface area (Å²) < 4.78 is -1.02. The van der Waals surface area contributed by atoms with Crippen LogP contribution in [-0.4, -0.2) is 6.26 Å². The van der Waals surface area contributed by atoms with Gasteiger partial charge in [0.05, 0.1) is 0 Å². The molecule has 1 aliphatic rings. The molecule has 0 aromatic heterocycles. The quantitative estimate of drug-likeness (QED) is 0.634. The SMILES string of the molecule is CSP1(=S)S[P+](=S)S1. The lowest BCUT2D eigenvalue weighted by molar-refractivity contribution is 2.54. The molecule has 7 heteroatoms. The zero-order chi connectivity index (χ0) is 6.20.